The maximum absolute atomic E-state index is 5.42. The lowest BCUT2D eigenvalue weighted by molar-refractivity contribution is 0.395. The molecule has 1 aromatic heterocycles. The third-order valence-corrected chi connectivity index (χ3v) is 3.02. The summed E-state index contributed by atoms with van der Waals surface area (Å²) in [5.41, 5.74) is 2.90. The number of aromatic nitrogens is 1. The van der Waals surface area contributed by atoms with Crippen LogP contribution in [0, 0.1) is 0 Å². The van der Waals surface area contributed by atoms with Gasteiger partial charge in [0.1, 0.15) is 11.5 Å². The molecule has 4 nitrogen and oxygen atoms in total. The van der Waals surface area contributed by atoms with Crippen LogP contribution in [0.15, 0.2) is 36.5 Å². The van der Waals surface area contributed by atoms with E-state index in [0.717, 1.165) is 41.4 Å². The number of hydrogen-bond acceptors (Lipinski definition) is 4. The van der Waals surface area contributed by atoms with E-state index < -0.39 is 0 Å². The molecule has 0 fully saturated rings. The van der Waals surface area contributed by atoms with Gasteiger partial charge in [-0.25, -0.2) is 0 Å². The molecule has 20 heavy (non-hydrogen) atoms. The Morgan fingerprint density at radius 3 is 2.65 bits per heavy atom. The molecule has 0 saturated carbocycles. The first-order valence-electron chi connectivity index (χ1n) is 6.70. The van der Waals surface area contributed by atoms with Crippen molar-refractivity contribution in [1.82, 2.24) is 4.98 Å². The molecular formula is C16H20N2O2. The van der Waals surface area contributed by atoms with Gasteiger partial charge in [-0.1, -0.05) is 6.92 Å². The van der Waals surface area contributed by atoms with Crippen LogP contribution < -0.4 is 14.8 Å². The van der Waals surface area contributed by atoms with E-state index in [1.54, 1.807) is 20.4 Å². The summed E-state index contributed by atoms with van der Waals surface area (Å²) < 4.78 is 10.6. The van der Waals surface area contributed by atoms with Crippen molar-refractivity contribution in [2.24, 2.45) is 0 Å². The van der Waals surface area contributed by atoms with Crippen LogP contribution in [0.2, 0.25) is 0 Å². The normalized spacial score (nSPS) is 10.2. The van der Waals surface area contributed by atoms with Gasteiger partial charge in [0, 0.05) is 30.1 Å². The second kappa shape index (κ2) is 6.80. The summed E-state index contributed by atoms with van der Waals surface area (Å²) in [6, 6.07) is 9.73. The molecule has 0 bridgehead atoms. The molecule has 0 aliphatic carbocycles. The SMILES string of the molecule is CCCNc1ccnc(-c2ccc(OC)cc2OC)c1. The van der Waals surface area contributed by atoms with Crippen molar-refractivity contribution in [3.8, 4) is 22.8 Å². The standard InChI is InChI=1S/C16H20N2O2/c1-4-8-17-12-7-9-18-15(10-12)14-6-5-13(19-2)11-16(14)20-3/h5-7,9-11H,4,8H2,1-3H3,(H,17,18). The Balaban J connectivity index is 2.35. The fourth-order valence-electron chi connectivity index (χ4n) is 1.97. The van der Waals surface area contributed by atoms with Crippen molar-refractivity contribution in [2.45, 2.75) is 13.3 Å². The van der Waals surface area contributed by atoms with E-state index in [0.29, 0.717) is 0 Å². The van der Waals surface area contributed by atoms with Crippen molar-refractivity contribution in [3.05, 3.63) is 36.5 Å². The van der Waals surface area contributed by atoms with Crippen LogP contribution in [0.5, 0.6) is 11.5 Å². The third kappa shape index (κ3) is 3.20. The van der Waals surface area contributed by atoms with E-state index in [1.807, 2.05) is 30.3 Å². The van der Waals surface area contributed by atoms with E-state index in [2.05, 4.69) is 17.2 Å². The van der Waals surface area contributed by atoms with Crippen molar-refractivity contribution < 1.29 is 9.47 Å². The lowest BCUT2D eigenvalue weighted by Gasteiger charge is -2.11. The molecule has 2 rings (SSSR count). The van der Waals surface area contributed by atoms with Crippen LogP contribution in [0.25, 0.3) is 11.3 Å². The van der Waals surface area contributed by atoms with E-state index in [-0.39, 0.29) is 0 Å². The monoisotopic (exact) mass is 272 g/mol. The average Bonchev–Trinajstić information content (AvgIpc) is 2.52. The highest BCUT2D eigenvalue weighted by Crippen LogP contribution is 2.32. The van der Waals surface area contributed by atoms with Crippen LogP contribution in [0.3, 0.4) is 0 Å². The van der Waals surface area contributed by atoms with E-state index in [9.17, 15) is 0 Å². The number of methoxy groups -OCH3 is 2. The van der Waals surface area contributed by atoms with Crippen LogP contribution in [-0.2, 0) is 0 Å². The number of nitrogens with zero attached hydrogens (tertiary/aromatic N) is 1. The first kappa shape index (κ1) is 14.2. The largest absolute Gasteiger partial charge is 0.497 e. The maximum atomic E-state index is 5.42. The first-order valence-corrected chi connectivity index (χ1v) is 6.70. The summed E-state index contributed by atoms with van der Waals surface area (Å²) in [5, 5.41) is 3.36. The topological polar surface area (TPSA) is 43.4 Å². The molecular weight excluding hydrogens is 252 g/mol. The molecule has 0 unspecified atom stereocenters. The zero-order valence-electron chi connectivity index (χ0n) is 12.1. The lowest BCUT2D eigenvalue weighted by Crippen LogP contribution is -2.00. The molecule has 0 atom stereocenters. The summed E-state index contributed by atoms with van der Waals surface area (Å²) >= 11 is 0. The van der Waals surface area contributed by atoms with Gasteiger partial charge in [-0.2, -0.15) is 0 Å². The smallest absolute Gasteiger partial charge is 0.131 e. The quantitative estimate of drug-likeness (QED) is 0.872. The Hall–Kier alpha value is -2.23. The Labute approximate surface area is 119 Å². The number of ether oxygens (including phenoxy) is 2. The highest BCUT2D eigenvalue weighted by atomic mass is 16.5. The number of nitrogens with one attached hydrogen (secondary N) is 1. The van der Waals surface area contributed by atoms with Gasteiger partial charge in [0.2, 0.25) is 0 Å². The summed E-state index contributed by atoms with van der Waals surface area (Å²) in [6.07, 6.45) is 2.89. The predicted octanol–water partition coefficient (Wildman–Crippen LogP) is 3.59. The second-order valence-electron chi connectivity index (χ2n) is 4.42. The van der Waals surface area contributed by atoms with Gasteiger partial charge in [0.25, 0.3) is 0 Å². The number of anilines is 1. The minimum atomic E-state index is 0.754. The Morgan fingerprint density at radius 2 is 1.95 bits per heavy atom. The minimum absolute atomic E-state index is 0.754. The summed E-state index contributed by atoms with van der Waals surface area (Å²) in [7, 11) is 3.29. The van der Waals surface area contributed by atoms with E-state index in [1.165, 1.54) is 0 Å². The maximum Gasteiger partial charge on any atom is 0.131 e. The zero-order valence-corrected chi connectivity index (χ0v) is 12.1. The Morgan fingerprint density at radius 1 is 1.10 bits per heavy atom. The summed E-state index contributed by atoms with van der Waals surface area (Å²) in [4.78, 5) is 4.42. The van der Waals surface area contributed by atoms with E-state index in [4.69, 9.17) is 9.47 Å². The zero-order chi connectivity index (χ0) is 14.4. The number of hydrogen-bond donors (Lipinski definition) is 1. The number of benzene rings is 1. The molecule has 2 aromatic rings. The third-order valence-electron chi connectivity index (χ3n) is 3.02. The van der Waals surface area contributed by atoms with Gasteiger partial charge in [-0.05, 0) is 30.7 Å². The summed E-state index contributed by atoms with van der Waals surface area (Å²) in [6.45, 7) is 3.09. The molecule has 0 saturated heterocycles. The van der Waals surface area contributed by atoms with Gasteiger partial charge >= 0.3 is 0 Å². The molecule has 1 heterocycles. The van der Waals surface area contributed by atoms with Crippen molar-refractivity contribution >= 4 is 5.69 Å². The van der Waals surface area contributed by atoms with Gasteiger partial charge in [-0.15, -0.1) is 0 Å². The second-order valence-corrected chi connectivity index (χ2v) is 4.42. The Kier molecular flexibility index (Phi) is 4.82. The molecule has 0 radical (unpaired) electrons. The van der Waals surface area contributed by atoms with Crippen molar-refractivity contribution in [1.29, 1.82) is 0 Å². The van der Waals surface area contributed by atoms with Crippen LogP contribution in [-0.4, -0.2) is 25.7 Å². The number of pyridine rings is 1. The van der Waals surface area contributed by atoms with Gasteiger partial charge in [-0.3, -0.25) is 4.98 Å². The van der Waals surface area contributed by atoms with Gasteiger partial charge in [0.15, 0.2) is 0 Å². The van der Waals surface area contributed by atoms with E-state index >= 15 is 0 Å². The van der Waals surface area contributed by atoms with Crippen LogP contribution in [0.1, 0.15) is 13.3 Å². The van der Waals surface area contributed by atoms with Gasteiger partial charge in [0.05, 0.1) is 19.9 Å². The van der Waals surface area contributed by atoms with Crippen LogP contribution >= 0.6 is 0 Å². The lowest BCUT2D eigenvalue weighted by atomic mass is 10.1. The minimum Gasteiger partial charge on any atom is -0.497 e. The molecule has 1 aromatic carbocycles. The average molecular weight is 272 g/mol. The molecule has 4 heteroatoms. The highest BCUT2D eigenvalue weighted by molar-refractivity contribution is 5.71. The fourth-order valence-corrected chi connectivity index (χ4v) is 1.97. The number of rotatable bonds is 6. The van der Waals surface area contributed by atoms with Crippen molar-refractivity contribution in [3.63, 3.8) is 0 Å². The predicted molar refractivity (Wildman–Crippen MR) is 81.6 cm³/mol. The molecule has 0 aliphatic heterocycles. The first-order chi connectivity index (χ1) is 9.78. The molecule has 0 amide bonds. The summed E-state index contributed by atoms with van der Waals surface area (Å²) in [5.74, 6) is 1.52. The van der Waals surface area contributed by atoms with Gasteiger partial charge < -0.3 is 14.8 Å². The molecule has 106 valence electrons. The Bertz CT molecular complexity index is 570. The molecule has 1 N–H and O–H groups in total. The molecule has 0 spiro atoms. The highest BCUT2D eigenvalue weighted by Gasteiger charge is 2.09. The molecule has 0 aliphatic rings. The van der Waals surface area contributed by atoms with Crippen LogP contribution in [0.4, 0.5) is 5.69 Å². The fraction of sp³-hybridized carbons (Fsp3) is 0.312. The van der Waals surface area contributed by atoms with Crippen molar-refractivity contribution in [2.75, 3.05) is 26.1 Å².